The predicted octanol–water partition coefficient (Wildman–Crippen LogP) is 2.32. The summed E-state index contributed by atoms with van der Waals surface area (Å²) in [5.41, 5.74) is 0.637. The summed E-state index contributed by atoms with van der Waals surface area (Å²) in [7, 11) is 0. The van der Waals surface area contributed by atoms with E-state index in [1.807, 2.05) is 16.7 Å². The second kappa shape index (κ2) is 7.53. The number of fused-ring (bicyclic) bond motifs is 1. The number of nitrogens with one attached hydrogen (secondary N) is 1. The lowest BCUT2D eigenvalue weighted by atomic mass is 10.0. The van der Waals surface area contributed by atoms with Crippen molar-refractivity contribution in [3.05, 3.63) is 47.3 Å². The highest BCUT2D eigenvalue weighted by atomic mass is 19.1. The molecule has 0 saturated carbocycles. The molecular formula is C19H24FN5O. The van der Waals surface area contributed by atoms with Crippen molar-refractivity contribution in [2.24, 2.45) is 0 Å². The second-order valence-corrected chi connectivity index (χ2v) is 7.04. The zero-order valence-corrected chi connectivity index (χ0v) is 14.8. The number of carbonyl (C=O) groups excluding carboxylic acids is 1. The monoisotopic (exact) mass is 357 g/mol. The van der Waals surface area contributed by atoms with Gasteiger partial charge in [-0.1, -0.05) is 18.2 Å². The van der Waals surface area contributed by atoms with Crippen LogP contribution in [0.3, 0.4) is 0 Å². The average Bonchev–Trinajstić information content (AvgIpc) is 3.33. The molecule has 2 aromatic rings. The first-order valence-electron chi connectivity index (χ1n) is 9.43. The van der Waals surface area contributed by atoms with Crippen LogP contribution in [0.4, 0.5) is 4.39 Å². The number of halogens is 1. The molecule has 1 amide bonds. The second-order valence-electron chi connectivity index (χ2n) is 7.04. The lowest BCUT2D eigenvalue weighted by Gasteiger charge is -2.28. The SMILES string of the molecule is O=C(NC[C@H](c1ccccc1F)N1CCCC1)c1nnc2n1CCCC2. The molecule has 0 spiro atoms. The molecule has 6 nitrogen and oxygen atoms in total. The maximum absolute atomic E-state index is 14.4. The topological polar surface area (TPSA) is 63.1 Å². The van der Waals surface area contributed by atoms with Crippen LogP contribution >= 0.6 is 0 Å². The summed E-state index contributed by atoms with van der Waals surface area (Å²) < 4.78 is 16.3. The van der Waals surface area contributed by atoms with Crippen molar-refractivity contribution in [1.82, 2.24) is 25.0 Å². The van der Waals surface area contributed by atoms with Crippen LogP contribution in [0.15, 0.2) is 24.3 Å². The van der Waals surface area contributed by atoms with Crippen molar-refractivity contribution >= 4 is 5.91 Å². The van der Waals surface area contributed by atoms with Gasteiger partial charge < -0.3 is 9.88 Å². The number of hydrogen-bond acceptors (Lipinski definition) is 4. The highest BCUT2D eigenvalue weighted by Crippen LogP contribution is 2.26. The molecule has 1 atom stereocenters. The molecule has 1 fully saturated rings. The van der Waals surface area contributed by atoms with Gasteiger partial charge in [-0.3, -0.25) is 9.69 Å². The van der Waals surface area contributed by atoms with Crippen molar-refractivity contribution in [2.45, 2.75) is 44.7 Å². The number of benzene rings is 1. The number of amides is 1. The molecule has 0 aliphatic carbocycles. The van der Waals surface area contributed by atoms with Gasteiger partial charge in [-0.15, -0.1) is 10.2 Å². The smallest absolute Gasteiger partial charge is 0.289 e. The van der Waals surface area contributed by atoms with Crippen molar-refractivity contribution in [3.63, 3.8) is 0 Å². The van der Waals surface area contributed by atoms with Crippen molar-refractivity contribution in [2.75, 3.05) is 19.6 Å². The van der Waals surface area contributed by atoms with Crippen LogP contribution in [0.2, 0.25) is 0 Å². The van der Waals surface area contributed by atoms with Crippen molar-refractivity contribution in [1.29, 1.82) is 0 Å². The van der Waals surface area contributed by atoms with Crippen LogP contribution in [0.5, 0.6) is 0 Å². The van der Waals surface area contributed by atoms with Gasteiger partial charge >= 0.3 is 0 Å². The van der Waals surface area contributed by atoms with E-state index in [4.69, 9.17) is 0 Å². The van der Waals surface area contributed by atoms with Gasteiger partial charge in [-0.2, -0.15) is 0 Å². The van der Waals surface area contributed by atoms with Gasteiger partial charge in [0.05, 0.1) is 6.04 Å². The van der Waals surface area contributed by atoms with Gasteiger partial charge in [0.15, 0.2) is 0 Å². The van der Waals surface area contributed by atoms with Crippen molar-refractivity contribution in [3.8, 4) is 0 Å². The summed E-state index contributed by atoms with van der Waals surface area (Å²) in [6.45, 7) is 3.00. The molecule has 1 saturated heterocycles. The molecule has 1 aromatic carbocycles. The lowest BCUT2D eigenvalue weighted by molar-refractivity contribution is 0.0921. The quantitative estimate of drug-likeness (QED) is 0.892. The maximum atomic E-state index is 14.4. The molecule has 1 aromatic heterocycles. The first-order valence-corrected chi connectivity index (χ1v) is 9.43. The van der Waals surface area contributed by atoms with Gasteiger partial charge in [-0.25, -0.2) is 4.39 Å². The Morgan fingerprint density at radius 3 is 2.69 bits per heavy atom. The third-order valence-corrected chi connectivity index (χ3v) is 5.36. The van der Waals surface area contributed by atoms with Crippen molar-refractivity contribution < 1.29 is 9.18 Å². The van der Waals surface area contributed by atoms with Gasteiger partial charge in [0, 0.05) is 25.1 Å². The number of rotatable bonds is 5. The molecule has 0 bridgehead atoms. The van der Waals surface area contributed by atoms with E-state index < -0.39 is 0 Å². The Morgan fingerprint density at radius 2 is 1.88 bits per heavy atom. The fourth-order valence-corrected chi connectivity index (χ4v) is 3.98. The van der Waals surface area contributed by atoms with Gasteiger partial charge in [0.2, 0.25) is 5.82 Å². The summed E-state index contributed by atoms with van der Waals surface area (Å²) in [5, 5.41) is 11.2. The first-order chi connectivity index (χ1) is 12.7. The summed E-state index contributed by atoms with van der Waals surface area (Å²) in [5.74, 6) is 0.796. The third kappa shape index (κ3) is 3.35. The van der Waals surface area contributed by atoms with E-state index >= 15 is 0 Å². The molecule has 1 N–H and O–H groups in total. The molecular weight excluding hydrogens is 333 g/mol. The van der Waals surface area contributed by atoms with Crippen LogP contribution in [0.1, 0.15) is 53.7 Å². The normalized spacial score (nSPS) is 18.5. The fraction of sp³-hybridized carbons (Fsp3) is 0.526. The standard InChI is InChI=1S/C19H24FN5O/c20-15-8-2-1-7-14(15)16(24-10-5-6-11-24)13-21-19(26)18-23-22-17-9-3-4-12-25(17)18/h1-2,7-8,16H,3-6,9-13H2,(H,21,26)/t16-/m1/s1. The molecule has 26 heavy (non-hydrogen) atoms. The highest BCUT2D eigenvalue weighted by Gasteiger charge is 2.27. The summed E-state index contributed by atoms with van der Waals surface area (Å²) in [4.78, 5) is 14.9. The number of likely N-dealkylation sites (tertiary alicyclic amines) is 1. The third-order valence-electron chi connectivity index (χ3n) is 5.36. The van der Waals surface area contributed by atoms with E-state index in [0.29, 0.717) is 17.9 Å². The zero-order valence-electron chi connectivity index (χ0n) is 14.8. The largest absolute Gasteiger partial charge is 0.347 e. The maximum Gasteiger partial charge on any atom is 0.289 e. The Balaban J connectivity index is 1.50. The first kappa shape index (κ1) is 17.1. The summed E-state index contributed by atoms with van der Waals surface area (Å²) in [6.07, 6.45) is 5.21. The van der Waals surface area contributed by atoms with E-state index in [9.17, 15) is 9.18 Å². The Kier molecular flexibility index (Phi) is 4.97. The van der Waals surface area contributed by atoms with Crippen LogP contribution in [0, 0.1) is 5.82 Å². The Hall–Kier alpha value is -2.28. The minimum absolute atomic E-state index is 0.161. The molecule has 2 aliphatic heterocycles. The van der Waals surface area contributed by atoms with Crippen LogP contribution < -0.4 is 5.32 Å². The Morgan fingerprint density at radius 1 is 1.12 bits per heavy atom. The van der Waals surface area contributed by atoms with Crippen LogP contribution in [-0.4, -0.2) is 45.2 Å². The van der Waals surface area contributed by atoms with E-state index in [-0.39, 0.29) is 17.8 Å². The number of nitrogens with zero attached hydrogens (tertiary/aromatic N) is 4. The Labute approximate surface area is 152 Å². The molecule has 0 unspecified atom stereocenters. The minimum Gasteiger partial charge on any atom is -0.347 e. The predicted molar refractivity (Wildman–Crippen MR) is 95.2 cm³/mol. The van der Waals surface area contributed by atoms with E-state index in [1.54, 1.807) is 6.07 Å². The number of carbonyl (C=O) groups is 1. The lowest BCUT2D eigenvalue weighted by Crippen LogP contribution is -2.38. The number of aromatic nitrogens is 3. The fourth-order valence-electron chi connectivity index (χ4n) is 3.98. The van der Waals surface area contributed by atoms with Crippen LogP contribution in [-0.2, 0) is 13.0 Å². The highest BCUT2D eigenvalue weighted by molar-refractivity contribution is 5.90. The molecule has 2 aliphatic rings. The van der Waals surface area contributed by atoms with Crippen LogP contribution in [0.25, 0.3) is 0 Å². The minimum atomic E-state index is -0.230. The zero-order chi connectivity index (χ0) is 17.9. The molecule has 3 heterocycles. The molecule has 138 valence electrons. The summed E-state index contributed by atoms with van der Waals surface area (Å²) in [6, 6.07) is 6.67. The number of hydrogen-bond donors (Lipinski definition) is 1. The van der Waals surface area contributed by atoms with E-state index in [1.165, 1.54) is 6.07 Å². The average molecular weight is 357 g/mol. The molecule has 4 rings (SSSR count). The van der Waals surface area contributed by atoms with Gasteiger partial charge in [0.1, 0.15) is 11.6 Å². The van der Waals surface area contributed by atoms with Gasteiger partial charge in [0.25, 0.3) is 5.91 Å². The summed E-state index contributed by atoms with van der Waals surface area (Å²) >= 11 is 0. The van der Waals surface area contributed by atoms with E-state index in [0.717, 1.165) is 57.6 Å². The molecule has 0 radical (unpaired) electrons. The number of aryl methyl sites for hydroxylation is 1. The van der Waals surface area contributed by atoms with E-state index in [2.05, 4.69) is 20.4 Å². The molecule has 7 heteroatoms. The van der Waals surface area contributed by atoms with Gasteiger partial charge in [-0.05, 0) is 44.8 Å². The Bertz CT molecular complexity index is 784.